The van der Waals surface area contributed by atoms with Gasteiger partial charge in [-0.3, -0.25) is 4.79 Å². The van der Waals surface area contributed by atoms with Gasteiger partial charge < -0.3 is 9.84 Å². The van der Waals surface area contributed by atoms with Crippen molar-refractivity contribution in [2.45, 2.75) is 76.1 Å². The predicted molar refractivity (Wildman–Crippen MR) is 94.5 cm³/mol. The van der Waals surface area contributed by atoms with Gasteiger partial charge >= 0.3 is 0 Å². The molecule has 4 saturated carbocycles. The second-order valence-electron chi connectivity index (χ2n) is 10.0. The van der Waals surface area contributed by atoms with E-state index < -0.39 is 11.5 Å². The average molecular weight is 353 g/mol. The molecule has 0 amide bonds. The number of hydrogen-bond acceptors (Lipinski definition) is 4. The largest absolute Gasteiger partial charge is 0.377 e. The Morgan fingerprint density at radius 1 is 1.15 bits per heavy atom. The number of nitrogens with zero attached hydrogens (tertiary/aromatic N) is 1. The highest BCUT2D eigenvalue weighted by Crippen LogP contribution is 2.73. The molecule has 138 valence electrons. The number of rotatable bonds is 0. The average Bonchev–Trinajstić information content (AvgIpc) is 3.31. The summed E-state index contributed by atoms with van der Waals surface area (Å²) in [4.78, 5) is 12.5. The first-order valence-corrected chi connectivity index (χ1v) is 10.1. The zero-order chi connectivity index (χ0) is 18.5. The van der Waals surface area contributed by atoms with Crippen molar-refractivity contribution in [3.8, 4) is 18.4 Å². The number of ether oxygens (including phenoxy) is 1. The lowest BCUT2D eigenvalue weighted by Gasteiger charge is -2.60. The van der Waals surface area contributed by atoms with Gasteiger partial charge in [0.25, 0.3) is 0 Å². The van der Waals surface area contributed by atoms with E-state index in [-0.39, 0.29) is 28.3 Å². The van der Waals surface area contributed by atoms with Gasteiger partial charge in [-0.1, -0.05) is 19.8 Å². The molecule has 1 aliphatic heterocycles. The van der Waals surface area contributed by atoms with Crippen molar-refractivity contribution in [2.75, 3.05) is 0 Å². The van der Waals surface area contributed by atoms with Gasteiger partial charge in [0, 0.05) is 10.8 Å². The molecule has 0 radical (unpaired) electrons. The summed E-state index contributed by atoms with van der Waals surface area (Å²) in [5.74, 6) is 3.57. The van der Waals surface area contributed by atoms with E-state index in [9.17, 15) is 15.2 Å². The molecular formula is C22H27NO3. The number of fused-ring (bicyclic) bond motifs is 4. The minimum absolute atomic E-state index is 0.00615. The van der Waals surface area contributed by atoms with E-state index in [4.69, 9.17) is 11.2 Å². The van der Waals surface area contributed by atoms with E-state index >= 15 is 0 Å². The van der Waals surface area contributed by atoms with Crippen LogP contribution in [0.4, 0.5) is 0 Å². The highest BCUT2D eigenvalue weighted by Gasteiger charge is 2.78. The normalized spacial score (nSPS) is 59.9. The number of aliphatic hydroxyl groups is 1. The summed E-state index contributed by atoms with van der Waals surface area (Å²) >= 11 is 0. The first kappa shape index (κ1) is 16.8. The lowest BCUT2D eigenvalue weighted by atomic mass is 9.43. The molecule has 5 fully saturated rings. The van der Waals surface area contributed by atoms with Gasteiger partial charge in [-0.25, -0.2) is 0 Å². The number of epoxide rings is 1. The molecule has 0 aromatic carbocycles. The molecule has 1 heterocycles. The molecule has 1 saturated heterocycles. The van der Waals surface area contributed by atoms with Crippen LogP contribution in [0.25, 0.3) is 0 Å². The van der Waals surface area contributed by atoms with Crippen LogP contribution in [0, 0.1) is 58.2 Å². The third-order valence-electron chi connectivity index (χ3n) is 9.54. The van der Waals surface area contributed by atoms with E-state index in [2.05, 4.69) is 25.8 Å². The molecule has 1 N–H and O–H groups in total. The Morgan fingerprint density at radius 2 is 1.85 bits per heavy atom. The second kappa shape index (κ2) is 4.73. The first-order chi connectivity index (χ1) is 12.3. The van der Waals surface area contributed by atoms with Crippen LogP contribution in [0.3, 0.4) is 0 Å². The van der Waals surface area contributed by atoms with Gasteiger partial charge in [0.15, 0.2) is 5.78 Å². The topological polar surface area (TPSA) is 73.6 Å². The Morgan fingerprint density at radius 3 is 2.54 bits per heavy atom. The fourth-order valence-corrected chi connectivity index (χ4v) is 7.94. The van der Waals surface area contributed by atoms with E-state index in [0.717, 1.165) is 32.1 Å². The number of ketones is 1. The van der Waals surface area contributed by atoms with Gasteiger partial charge in [0.05, 0.1) is 6.07 Å². The van der Waals surface area contributed by atoms with E-state index in [1.807, 2.05) is 0 Å². The Bertz CT molecular complexity index is 779. The number of Topliss-reactive ketones (excluding diaryl/α,β-unsaturated/α-hetero) is 1. The summed E-state index contributed by atoms with van der Waals surface area (Å²) in [5, 5.41) is 20.6. The van der Waals surface area contributed by atoms with Crippen LogP contribution >= 0.6 is 0 Å². The summed E-state index contributed by atoms with van der Waals surface area (Å²) in [5.41, 5.74) is -1.65. The van der Waals surface area contributed by atoms with Gasteiger partial charge in [-0.15, -0.1) is 6.42 Å². The molecule has 9 atom stereocenters. The van der Waals surface area contributed by atoms with E-state index in [1.165, 1.54) is 0 Å². The number of carbonyl (C=O) groups is 1. The van der Waals surface area contributed by atoms with Gasteiger partial charge in [0.1, 0.15) is 23.2 Å². The van der Waals surface area contributed by atoms with Crippen LogP contribution in [0.1, 0.15) is 58.8 Å². The highest BCUT2D eigenvalue weighted by molar-refractivity contribution is 5.92. The van der Waals surface area contributed by atoms with Crippen LogP contribution in [0.15, 0.2) is 0 Å². The van der Waals surface area contributed by atoms with Crippen molar-refractivity contribution in [3.05, 3.63) is 0 Å². The van der Waals surface area contributed by atoms with Gasteiger partial charge in [-0.2, -0.15) is 5.26 Å². The molecule has 4 nitrogen and oxygen atoms in total. The number of terminal acetylenes is 1. The van der Waals surface area contributed by atoms with Crippen molar-refractivity contribution >= 4 is 5.78 Å². The van der Waals surface area contributed by atoms with Crippen molar-refractivity contribution in [2.24, 2.45) is 34.5 Å². The summed E-state index contributed by atoms with van der Waals surface area (Å²) in [6.07, 6.45) is 11.6. The maximum atomic E-state index is 12.5. The van der Waals surface area contributed by atoms with Crippen LogP contribution < -0.4 is 0 Å². The summed E-state index contributed by atoms with van der Waals surface area (Å²) in [6, 6.07) is 2.24. The fourth-order valence-electron chi connectivity index (χ4n) is 7.94. The zero-order valence-corrected chi connectivity index (χ0v) is 15.6. The minimum atomic E-state index is -0.991. The maximum Gasteiger partial charge on any atom is 0.181 e. The zero-order valence-electron chi connectivity index (χ0n) is 15.6. The summed E-state index contributed by atoms with van der Waals surface area (Å²) in [7, 11) is 0. The molecule has 0 aromatic heterocycles. The SMILES string of the molecule is C#C[C@]1(O)CC[C@H]2[C@@H]3CC[C@@]45O[C@@H]4C(=O)[C@H](C#N)C[C@]5(C)[C@H]3CC[C@@]21C. The fraction of sp³-hybridized carbons (Fsp3) is 0.818. The highest BCUT2D eigenvalue weighted by atomic mass is 16.6. The van der Waals surface area contributed by atoms with Crippen molar-refractivity contribution < 1.29 is 14.6 Å². The Balaban J connectivity index is 1.53. The monoisotopic (exact) mass is 353 g/mol. The number of hydrogen-bond donors (Lipinski definition) is 1. The first-order valence-electron chi connectivity index (χ1n) is 10.1. The van der Waals surface area contributed by atoms with Crippen LogP contribution in [0.5, 0.6) is 0 Å². The molecule has 0 aromatic rings. The molecule has 0 bridgehead atoms. The van der Waals surface area contributed by atoms with E-state index in [0.29, 0.717) is 30.6 Å². The van der Waals surface area contributed by atoms with Crippen molar-refractivity contribution in [1.29, 1.82) is 5.26 Å². The lowest BCUT2D eigenvalue weighted by molar-refractivity contribution is -0.144. The van der Waals surface area contributed by atoms with Gasteiger partial charge in [0.2, 0.25) is 0 Å². The number of nitriles is 1. The van der Waals surface area contributed by atoms with Crippen molar-refractivity contribution in [1.82, 2.24) is 0 Å². The Labute approximate surface area is 155 Å². The predicted octanol–water partition coefficient (Wildman–Crippen LogP) is 2.84. The molecular weight excluding hydrogens is 326 g/mol. The molecule has 4 aliphatic carbocycles. The standard InChI is InChI=1S/C22H27NO3/c1-4-21(25)9-7-15-14-5-10-22-18(26-22)17(24)13(12-23)11-20(22,3)16(14)6-8-19(15,21)2/h1,13-16,18,25H,5-11H2,2-3H3/t13-,14-,15-,16-,18+,19-,20+,21-,22+/m0/s1. The molecule has 0 unspecified atom stereocenters. The third kappa shape index (κ3) is 1.59. The van der Waals surface area contributed by atoms with Crippen LogP contribution in [-0.4, -0.2) is 28.2 Å². The van der Waals surface area contributed by atoms with Crippen LogP contribution in [0.2, 0.25) is 0 Å². The smallest absolute Gasteiger partial charge is 0.181 e. The number of carbonyl (C=O) groups excluding carboxylic acids is 1. The van der Waals surface area contributed by atoms with Crippen molar-refractivity contribution in [3.63, 3.8) is 0 Å². The molecule has 1 spiro atoms. The molecule has 26 heavy (non-hydrogen) atoms. The molecule has 5 rings (SSSR count). The molecule has 4 heteroatoms. The van der Waals surface area contributed by atoms with E-state index in [1.54, 1.807) is 0 Å². The summed E-state index contributed by atoms with van der Waals surface area (Å²) < 4.78 is 6.08. The lowest BCUT2D eigenvalue weighted by Crippen LogP contribution is -2.60. The quantitative estimate of drug-likeness (QED) is 0.537. The van der Waals surface area contributed by atoms with Gasteiger partial charge in [-0.05, 0) is 62.7 Å². The third-order valence-corrected chi connectivity index (χ3v) is 9.54. The second-order valence-corrected chi connectivity index (χ2v) is 10.0. The minimum Gasteiger partial charge on any atom is -0.377 e. The Hall–Kier alpha value is -1.36. The maximum absolute atomic E-state index is 12.5. The summed E-state index contributed by atoms with van der Waals surface area (Å²) in [6.45, 7) is 4.46. The molecule has 5 aliphatic rings. The van der Waals surface area contributed by atoms with Crippen LogP contribution in [-0.2, 0) is 9.53 Å². The Kier molecular flexibility index (Phi) is 3.05.